The van der Waals surface area contributed by atoms with E-state index >= 15 is 0 Å². The van der Waals surface area contributed by atoms with Gasteiger partial charge in [-0.25, -0.2) is 0 Å². The molecule has 1 N–H and O–H groups in total. The van der Waals surface area contributed by atoms with Gasteiger partial charge in [0, 0.05) is 18.2 Å². The number of methoxy groups -OCH3 is 2. The van der Waals surface area contributed by atoms with Gasteiger partial charge in [-0.1, -0.05) is 30.3 Å². The Morgan fingerprint density at radius 1 is 1.00 bits per heavy atom. The molecular weight excluding hydrogens is 262 g/mol. The van der Waals surface area contributed by atoms with E-state index in [2.05, 4.69) is 37.4 Å². The van der Waals surface area contributed by atoms with E-state index in [4.69, 9.17) is 9.47 Å². The molecule has 0 spiro atoms. The lowest BCUT2D eigenvalue weighted by atomic mass is 10.1. The van der Waals surface area contributed by atoms with Gasteiger partial charge in [0.2, 0.25) is 0 Å². The van der Waals surface area contributed by atoms with Crippen molar-refractivity contribution in [3.05, 3.63) is 59.2 Å². The van der Waals surface area contributed by atoms with E-state index in [0.29, 0.717) is 0 Å². The highest BCUT2D eigenvalue weighted by Crippen LogP contribution is 2.25. The normalized spacial score (nSPS) is 12.0. The van der Waals surface area contributed by atoms with Crippen LogP contribution in [-0.2, 0) is 6.54 Å². The van der Waals surface area contributed by atoms with Crippen LogP contribution in [0.15, 0.2) is 42.5 Å². The maximum absolute atomic E-state index is 5.41. The van der Waals surface area contributed by atoms with Crippen LogP contribution in [0.1, 0.15) is 29.7 Å². The highest BCUT2D eigenvalue weighted by Gasteiger charge is 2.10. The number of rotatable bonds is 6. The molecule has 112 valence electrons. The molecule has 0 aliphatic rings. The molecule has 0 heterocycles. The molecule has 0 aliphatic heterocycles. The first kappa shape index (κ1) is 15.4. The zero-order valence-corrected chi connectivity index (χ0v) is 13.1. The molecule has 0 unspecified atom stereocenters. The maximum Gasteiger partial charge on any atom is 0.123 e. The van der Waals surface area contributed by atoms with Crippen LogP contribution < -0.4 is 14.8 Å². The van der Waals surface area contributed by atoms with Crippen LogP contribution in [0.3, 0.4) is 0 Å². The van der Waals surface area contributed by atoms with Crippen LogP contribution in [0, 0.1) is 6.92 Å². The van der Waals surface area contributed by atoms with Gasteiger partial charge in [-0.3, -0.25) is 0 Å². The summed E-state index contributed by atoms with van der Waals surface area (Å²) in [6.07, 6.45) is 0. The molecule has 0 saturated carbocycles. The third-order valence-electron chi connectivity index (χ3n) is 3.68. The third kappa shape index (κ3) is 3.76. The molecule has 3 nitrogen and oxygen atoms in total. The zero-order valence-electron chi connectivity index (χ0n) is 13.1. The molecule has 1 atom stereocenters. The summed E-state index contributed by atoms with van der Waals surface area (Å²) in [4.78, 5) is 0. The molecule has 3 heteroatoms. The summed E-state index contributed by atoms with van der Waals surface area (Å²) in [5.74, 6) is 1.85. The minimum atomic E-state index is 0.226. The molecule has 0 aliphatic carbocycles. The molecule has 0 amide bonds. The maximum atomic E-state index is 5.41. The molecule has 0 aromatic heterocycles. The first-order valence-electron chi connectivity index (χ1n) is 7.15. The Kier molecular flexibility index (Phi) is 5.23. The minimum absolute atomic E-state index is 0.226. The lowest BCUT2D eigenvalue weighted by molar-refractivity contribution is 0.401. The Morgan fingerprint density at radius 3 is 2.38 bits per heavy atom. The van der Waals surface area contributed by atoms with Gasteiger partial charge < -0.3 is 14.8 Å². The van der Waals surface area contributed by atoms with E-state index < -0.39 is 0 Å². The van der Waals surface area contributed by atoms with Crippen molar-refractivity contribution in [3.63, 3.8) is 0 Å². The predicted octanol–water partition coefficient (Wildman–Crippen LogP) is 3.86. The van der Waals surface area contributed by atoms with Crippen molar-refractivity contribution in [2.24, 2.45) is 0 Å². The Balaban J connectivity index is 2.04. The first-order chi connectivity index (χ1) is 10.2. The molecule has 0 bridgehead atoms. The van der Waals surface area contributed by atoms with E-state index in [1.165, 1.54) is 11.1 Å². The van der Waals surface area contributed by atoms with Gasteiger partial charge in [0.25, 0.3) is 0 Å². The summed E-state index contributed by atoms with van der Waals surface area (Å²) in [7, 11) is 3.41. The Hall–Kier alpha value is -2.00. The predicted molar refractivity (Wildman–Crippen MR) is 86.0 cm³/mol. The van der Waals surface area contributed by atoms with Crippen LogP contribution in [0.2, 0.25) is 0 Å². The van der Waals surface area contributed by atoms with Crippen LogP contribution in [-0.4, -0.2) is 14.2 Å². The van der Waals surface area contributed by atoms with E-state index in [1.807, 2.05) is 24.3 Å². The molecule has 2 rings (SSSR count). The van der Waals surface area contributed by atoms with E-state index in [1.54, 1.807) is 14.2 Å². The molecule has 2 aromatic rings. The lowest BCUT2D eigenvalue weighted by Gasteiger charge is -2.17. The topological polar surface area (TPSA) is 30.5 Å². The molecule has 21 heavy (non-hydrogen) atoms. The van der Waals surface area contributed by atoms with Crippen LogP contribution >= 0.6 is 0 Å². The number of hydrogen-bond acceptors (Lipinski definition) is 3. The van der Waals surface area contributed by atoms with Gasteiger partial charge in [0.05, 0.1) is 14.2 Å². The summed E-state index contributed by atoms with van der Waals surface area (Å²) < 4.78 is 10.7. The second kappa shape index (κ2) is 7.14. The minimum Gasteiger partial charge on any atom is -0.496 e. The fourth-order valence-electron chi connectivity index (χ4n) is 2.46. The van der Waals surface area contributed by atoms with Crippen molar-refractivity contribution in [3.8, 4) is 11.5 Å². The van der Waals surface area contributed by atoms with Crippen molar-refractivity contribution in [2.45, 2.75) is 26.4 Å². The molecule has 0 radical (unpaired) electrons. The summed E-state index contributed by atoms with van der Waals surface area (Å²) in [5, 5.41) is 3.53. The van der Waals surface area contributed by atoms with Gasteiger partial charge in [-0.05, 0) is 37.1 Å². The molecule has 0 fully saturated rings. The van der Waals surface area contributed by atoms with Gasteiger partial charge >= 0.3 is 0 Å². The fraction of sp³-hybridized carbons (Fsp3) is 0.333. The summed E-state index contributed by atoms with van der Waals surface area (Å²) in [6, 6.07) is 14.6. The number of benzene rings is 2. The van der Waals surface area contributed by atoms with Crippen LogP contribution in [0.5, 0.6) is 11.5 Å². The molecule has 0 saturated heterocycles. The van der Waals surface area contributed by atoms with Gasteiger partial charge in [-0.15, -0.1) is 0 Å². The van der Waals surface area contributed by atoms with E-state index in [-0.39, 0.29) is 6.04 Å². The molecular formula is C18H23NO2. The van der Waals surface area contributed by atoms with Crippen molar-refractivity contribution < 1.29 is 9.47 Å². The number of para-hydroxylation sites is 1. The fourth-order valence-corrected chi connectivity index (χ4v) is 2.46. The monoisotopic (exact) mass is 285 g/mol. The average molecular weight is 285 g/mol. The standard InChI is InChI=1S/C18H23NO2/c1-13-11-15(9-10-17(13)20-3)12-19-14(2)16-7-5-6-8-18(16)21-4/h5-11,14,19H,12H2,1-4H3/t14-/m0/s1. The van der Waals surface area contributed by atoms with Crippen LogP contribution in [0.4, 0.5) is 0 Å². The van der Waals surface area contributed by atoms with E-state index in [9.17, 15) is 0 Å². The summed E-state index contributed by atoms with van der Waals surface area (Å²) in [6.45, 7) is 5.02. The number of aryl methyl sites for hydroxylation is 1. The summed E-state index contributed by atoms with van der Waals surface area (Å²) in [5.41, 5.74) is 3.57. The highest BCUT2D eigenvalue weighted by molar-refractivity contribution is 5.37. The lowest BCUT2D eigenvalue weighted by Crippen LogP contribution is -2.18. The average Bonchev–Trinajstić information content (AvgIpc) is 2.52. The van der Waals surface area contributed by atoms with E-state index in [0.717, 1.165) is 23.6 Å². The Morgan fingerprint density at radius 2 is 1.71 bits per heavy atom. The molecule has 2 aromatic carbocycles. The third-order valence-corrected chi connectivity index (χ3v) is 3.68. The van der Waals surface area contributed by atoms with Crippen molar-refractivity contribution in [2.75, 3.05) is 14.2 Å². The van der Waals surface area contributed by atoms with Crippen molar-refractivity contribution >= 4 is 0 Å². The smallest absolute Gasteiger partial charge is 0.123 e. The Labute approximate surface area is 126 Å². The van der Waals surface area contributed by atoms with Gasteiger partial charge in [0.15, 0.2) is 0 Å². The number of hydrogen-bond donors (Lipinski definition) is 1. The Bertz CT molecular complexity index is 596. The van der Waals surface area contributed by atoms with Crippen molar-refractivity contribution in [1.82, 2.24) is 5.32 Å². The highest BCUT2D eigenvalue weighted by atomic mass is 16.5. The zero-order chi connectivity index (χ0) is 15.2. The quantitative estimate of drug-likeness (QED) is 0.874. The van der Waals surface area contributed by atoms with Crippen molar-refractivity contribution in [1.29, 1.82) is 0 Å². The summed E-state index contributed by atoms with van der Waals surface area (Å²) >= 11 is 0. The first-order valence-corrected chi connectivity index (χ1v) is 7.15. The van der Waals surface area contributed by atoms with Gasteiger partial charge in [-0.2, -0.15) is 0 Å². The second-order valence-electron chi connectivity index (χ2n) is 5.15. The number of ether oxygens (including phenoxy) is 2. The second-order valence-corrected chi connectivity index (χ2v) is 5.15. The van der Waals surface area contributed by atoms with Gasteiger partial charge in [0.1, 0.15) is 11.5 Å². The van der Waals surface area contributed by atoms with Crippen LogP contribution in [0.25, 0.3) is 0 Å². The largest absolute Gasteiger partial charge is 0.496 e. The number of nitrogens with one attached hydrogen (secondary N) is 1. The SMILES string of the molecule is COc1ccc(CN[C@@H](C)c2ccccc2OC)cc1C.